The lowest BCUT2D eigenvalue weighted by molar-refractivity contribution is -0.385. The number of amides is 1. The van der Waals surface area contributed by atoms with E-state index in [1.165, 1.54) is 17.8 Å². The summed E-state index contributed by atoms with van der Waals surface area (Å²) < 4.78 is 10.6. The van der Waals surface area contributed by atoms with Crippen molar-refractivity contribution in [2.45, 2.75) is 12.2 Å². The van der Waals surface area contributed by atoms with Gasteiger partial charge in [-0.2, -0.15) is 5.10 Å². The molecule has 0 saturated carbocycles. The number of fused-ring (bicyclic) bond motifs is 2. The van der Waals surface area contributed by atoms with Gasteiger partial charge in [0.2, 0.25) is 12.7 Å². The van der Waals surface area contributed by atoms with Gasteiger partial charge in [0.05, 0.1) is 27.6 Å². The molecule has 0 fully saturated rings. The fourth-order valence-corrected chi connectivity index (χ4v) is 4.04. The molecule has 0 saturated heterocycles. The van der Waals surface area contributed by atoms with Crippen LogP contribution in [0.1, 0.15) is 22.1 Å². The molecule has 1 amide bonds. The van der Waals surface area contributed by atoms with E-state index in [2.05, 4.69) is 15.5 Å². The lowest BCUT2D eigenvalue weighted by Crippen LogP contribution is -2.12. The summed E-state index contributed by atoms with van der Waals surface area (Å²) in [6.07, 6.45) is 0. The van der Waals surface area contributed by atoms with Gasteiger partial charge in [-0.05, 0) is 13.0 Å². The number of aromatic amines is 1. The molecule has 2 N–H and O–H groups in total. The highest BCUT2D eigenvalue weighted by atomic mass is 32.2. The van der Waals surface area contributed by atoms with E-state index in [0.717, 1.165) is 11.3 Å². The summed E-state index contributed by atoms with van der Waals surface area (Å²) in [5.41, 5.74) is 1.86. The van der Waals surface area contributed by atoms with E-state index < -0.39 is 10.2 Å². The van der Waals surface area contributed by atoms with Crippen molar-refractivity contribution in [3.05, 3.63) is 39.1 Å². The van der Waals surface area contributed by atoms with Gasteiger partial charge >= 0.3 is 0 Å². The van der Waals surface area contributed by atoms with Gasteiger partial charge in [0.15, 0.2) is 17.3 Å². The smallest absolute Gasteiger partial charge is 0.278 e. The first-order valence-electron chi connectivity index (χ1n) is 7.09. The average molecular weight is 348 g/mol. The van der Waals surface area contributed by atoms with Crippen LogP contribution in [0.3, 0.4) is 0 Å². The third kappa shape index (κ3) is 2.26. The van der Waals surface area contributed by atoms with Crippen LogP contribution in [-0.4, -0.2) is 33.6 Å². The van der Waals surface area contributed by atoms with Gasteiger partial charge in [-0.15, -0.1) is 11.8 Å². The monoisotopic (exact) mass is 348 g/mol. The Morgan fingerprint density at radius 3 is 2.88 bits per heavy atom. The summed E-state index contributed by atoms with van der Waals surface area (Å²) in [6.45, 7) is 1.85. The number of nitrogens with one attached hydrogen (secondary N) is 2. The van der Waals surface area contributed by atoms with Crippen LogP contribution in [0, 0.1) is 17.0 Å². The SMILES string of the molecule is Cc1[nH]nc2c1[C@@H](c1cc3c(cc1[N+](=O)[O-])OCO3)SCC(=O)N2. The second kappa shape index (κ2) is 5.41. The number of ether oxygens (including phenoxy) is 2. The molecule has 3 heterocycles. The molecule has 1 atom stereocenters. The van der Waals surface area contributed by atoms with Crippen LogP contribution in [0.4, 0.5) is 11.5 Å². The molecule has 0 aliphatic carbocycles. The van der Waals surface area contributed by atoms with Gasteiger partial charge in [-0.1, -0.05) is 0 Å². The highest BCUT2D eigenvalue weighted by molar-refractivity contribution is 8.00. The minimum absolute atomic E-state index is 0.0315. The number of rotatable bonds is 2. The van der Waals surface area contributed by atoms with Crippen molar-refractivity contribution in [3.8, 4) is 11.5 Å². The number of carbonyl (C=O) groups is 1. The first kappa shape index (κ1) is 14.8. The normalized spacial score (nSPS) is 18.7. The largest absolute Gasteiger partial charge is 0.454 e. The molecule has 124 valence electrons. The Labute approximate surface area is 139 Å². The van der Waals surface area contributed by atoms with Crippen LogP contribution in [0.5, 0.6) is 11.5 Å². The summed E-state index contributed by atoms with van der Waals surface area (Å²) >= 11 is 1.31. The number of nitro groups is 1. The molecule has 0 bridgehead atoms. The van der Waals surface area contributed by atoms with E-state index in [1.807, 2.05) is 6.92 Å². The van der Waals surface area contributed by atoms with Gasteiger partial charge < -0.3 is 14.8 Å². The Morgan fingerprint density at radius 1 is 1.38 bits per heavy atom. The van der Waals surface area contributed by atoms with Crippen molar-refractivity contribution < 1.29 is 19.2 Å². The minimum Gasteiger partial charge on any atom is -0.454 e. The first-order valence-corrected chi connectivity index (χ1v) is 8.13. The summed E-state index contributed by atoms with van der Waals surface area (Å²) in [7, 11) is 0. The predicted molar refractivity (Wildman–Crippen MR) is 85.5 cm³/mol. The number of hydrogen-bond donors (Lipinski definition) is 2. The molecule has 1 aromatic heterocycles. The molecule has 24 heavy (non-hydrogen) atoms. The lowest BCUT2D eigenvalue weighted by Gasteiger charge is -2.15. The molecular weight excluding hydrogens is 336 g/mol. The van der Waals surface area contributed by atoms with Crippen LogP contribution in [0.15, 0.2) is 12.1 Å². The van der Waals surface area contributed by atoms with E-state index in [0.29, 0.717) is 22.9 Å². The molecule has 2 aromatic rings. The van der Waals surface area contributed by atoms with Crippen molar-refractivity contribution in [1.29, 1.82) is 0 Å². The predicted octanol–water partition coefficient (Wildman–Crippen LogP) is 2.13. The number of hydrogen-bond acceptors (Lipinski definition) is 7. The van der Waals surface area contributed by atoms with Gasteiger partial charge in [-0.25, -0.2) is 0 Å². The number of nitrogens with zero attached hydrogens (tertiary/aromatic N) is 2. The molecule has 1 aromatic carbocycles. The number of nitro benzene ring substituents is 1. The van der Waals surface area contributed by atoms with Gasteiger partial charge in [0, 0.05) is 11.3 Å². The standard InChI is InChI=1S/C14H12N4O5S/c1-6-12-13(24-4-11(19)15-14(12)17-16-6)7-2-9-10(23-5-22-9)3-8(7)18(20)21/h2-3,13H,4-5H2,1H3,(H2,15,16,17,19)/t13-/m1/s1. The van der Waals surface area contributed by atoms with Crippen LogP contribution in [0.2, 0.25) is 0 Å². The average Bonchev–Trinajstić information content (AvgIpc) is 3.10. The Balaban J connectivity index is 1.91. The summed E-state index contributed by atoms with van der Waals surface area (Å²) in [6, 6.07) is 2.98. The summed E-state index contributed by atoms with van der Waals surface area (Å²) in [4.78, 5) is 23.0. The Morgan fingerprint density at radius 2 is 2.12 bits per heavy atom. The number of carbonyl (C=O) groups excluding carboxylic acids is 1. The molecule has 0 unspecified atom stereocenters. The quantitative estimate of drug-likeness (QED) is 0.630. The van der Waals surface area contributed by atoms with E-state index in [9.17, 15) is 14.9 Å². The van der Waals surface area contributed by atoms with Crippen molar-refractivity contribution in [1.82, 2.24) is 10.2 Å². The fourth-order valence-electron chi connectivity index (χ4n) is 2.82. The Bertz CT molecular complexity index is 865. The van der Waals surface area contributed by atoms with E-state index >= 15 is 0 Å². The number of aromatic nitrogens is 2. The Hall–Kier alpha value is -2.75. The highest BCUT2D eigenvalue weighted by Gasteiger charge is 2.34. The highest BCUT2D eigenvalue weighted by Crippen LogP contribution is 2.48. The lowest BCUT2D eigenvalue weighted by atomic mass is 10.0. The Kier molecular flexibility index (Phi) is 3.34. The number of anilines is 1. The van der Waals surface area contributed by atoms with Crippen LogP contribution in [0.25, 0.3) is 0 Å². The third-order valence-corrected chi connectivity index (χ3v) is 5.15. The maximum Gasteiger partial charge on any atom is 0.278 e. The fraction of sp³-hybridized carbons (Fsp3) is 0.286. The topological polar surface area (TPSA) is 119 Å². The van der Waals surface area contributed by atoms with Gasteiger partial charge in [0.1, 0.15) is 0 Å². The zero-order valence-corrected chi connectivity index (χ0v) is 13.3. The second-order valence-corrected chi connectivity index (χ2v) is 6.46. The maximum absolute atomic E-state index is 11.9. The van der Waals surface area contributed by atoms with Gasteiger partial charge in [-0.3, -0.25) is 20.0 Å². The number of benzene rings is 1. The summed E-state index contributed by atoms with van der Waals surface area (Å²) in [5, 5.41) is 20.8. The molecule has 0 spiro atoms. The molecule has 2 aliphatic heterocycles. The molecule has 0 radical (unpaired) electrons. The van der Waals surface area contributed by atoms with Crippen molar-refractivity contribution >= 4 is 29.2 Å². The third-order valence-electron chi connectivity index (χ3n) is 3.90. The summed E-state index contributed by atoms with van der Waals surface area (Å²) in [5.74, 6) is 1.19. The number of aryl methyl sites for hydroxylation is 1. The van der Waals surface area contributed by atoms with Gasteiger partial charge in [0.25, 0.3) is 5.69 Å². The molecule has 2 aliphatic rings. The molecule has 4 rings (SSSR count). The van der Waals surface area contributed by atoms with Crippen LogP contribution < -0.4 is 14.8 Å². The zero-order chi connectivity index (χ0) is 16.8. The maximum atomic E-state index is 11.9. The second-order valence-electron chi connectivity index (χ2n) is 5.37. The minimum atomic E-state index is -0.451. The van der Waals surface area contributed by atoms with Crippen molar-refractivity contribution in [3.63, 3.8) is 0 Å². The number of H-pyrrole nitrogens is 1. The zero-order valence-electron chi connectivity index (χ0n) is 12.5. The van der Waals surface area contributed by atoms with E-state index in [4.69, 9.17) is 9.47 Å². The van der Waals surface area contributed by atoms with Crippen LogP contribution in [-0.2, 0) is 4.79 Å². The molecule has 10 heteroatoms. The number of thioether (sulfide) groups is 1. The molecular formula is C14H12N4O5S. The molecule has 9 nitrogen and oxygen atoms in total. The first-order chi connectivity index (χ1) is 11.5. The van der Waals surface area contributed by atoms with Crippen molar-refractivity contribution in [2.75, 3.05) is 17.9 Å². The van der Waals surface area contributed by atoms with E-state index in [1.54, 1.807) is 6.07 Å². The van der Waals surface area contributed by atoms with Crippen molar-refractivity contribution in [2.24, 2.45) is 0 Å². The van der Waals surface area contributed by atoms with E-state index in [-0.39, 0.29) is 24.1 Å². The van der Waals surface area contributed by atoms with Crippen LogP contribution >= 0.6 is 11.8 Å².